The Labute approximate surface area is 122 Å². The van der Waals surface area contributed by atoms with Gasteiger partial charge in [0, 0.05) is 12.0 Å². The molecule has 1 aromatic carbocycles. The van der Waals surface area contributed by atoms with E-state index < -0.39 is 0 Å². The Hall–Kier alpha value is -1.35. The summed E-state index contributed by atoms with van der Waals surface area (Å²) < 4.78 is 5.15. The van der Waals surface area contributed by atoms with Gasteiger partial charge in [0.1, 0.15) is 5.75 Å². The van der Waals surface area contributed by atoms with Crippen LogP contribution in [0.15, 0.2) is 24.3 Å². The van der Waals surface area contributed by atoms with Crippen LogP contribution < -0.4 is 10.5 Å². The van der Waals surface area contributed by atoms with E-state index in [9.17, 15) is 4.79 Å². The molecule has 20 heavy (non-hydrogen) atoms. The van der Waals surface area contributed by atoms with Crippen molar-refractivity contribution in [1.82, 2.24) is 0 Å². The van der Waals surface area contributed by atoms with Gasteiger partial charge in [0.05, 0.1) is 7.11 Å². The zero-order chi connectivity index (χ0) is 15.2. The number of ketones is 1. The molecular weight excluding hydrogens is 250 g/mol. The van der Waals surface area contributed by atoms with Gasteiger partial charge in [-0.25, -0.2) is 0 Å². The number of hydrogen-bond donors (Lipinski definition) is 1. The van der Waals surface area contributed by atoms with Gasteiger partial charge >= 0.3 is 0 Å². The summed E-state index contributed by atoms with van der Waals surface area (Å²) in [5, 5.41) is 0. The first-order valence-electron chi connectivity index (χ1n) is 7.25. The average Bonchev–Trinajstić information content (AvgIpc) is 2.41. The van der Waals surface area contributed by atoms with E-state index in [-0.39, 0.29) is 11.2 Å². The molecule has 3 heteroatoms. The lowest BCUT2D eigenvalue weighted by Gasteiger charge is -2.30. The molecular formula is C17H27NO2. The summed E-state index contributed by atoms with van der Waals surface area (Å²) in [6, 6.07) is 7.35. The monoisotopic (exact) mass is 277 g/mol. The van der Waals surface area contributed by atoms with E-state index in [2.05, 4.69) is 20.8 Å². The van der Waals surface area contributed by atoms with E-state index in [1.54, 1.807) is 13.2 Å². The van der Waals surface area contributed by atoms with Crippen molar-refractivity contribution in [2.45, 2.75) is 40.0 Å². The maximum Gasteiger partial charge on any atom is 0.163 e. The molecule has 0 radical (unpaired) electrons. The van der Waals surface area contributed by atoms with E-state index in [0.29, 0.717) is 18.9 Å². The van der Waals surface area contributed by atoms with Crippen LogP contribution in [0.1, 0.15) is 50.4 Å². The number of Topliss-reactive ketones (excluding diaryl/α,β-unsaturated/α-hetero) is 1. The zero-order valence-electron chi connectivity index (χ0n) is 13.1. The number of nitrogens with two attached hydrogens (primary N) is 1. The molecule has 0 spiro atoms. The SMILES string of the molecule is COc1cccc(C(=O)CCC(CCN)C(C)(C)C)c1. The molecule has 1 unspecified atom stereocenters. The van der Waals surface area contributed by atoms with Crippen LogP contribution in [0.25, 0.3) is 0 Å². The highest BCUT2D eigenvalue weighted by atomic mass is 16.5. The number of benzene rings is 1. The number of methoxy groups -OCH3 is 1. The normalized spacial score (nSPS) is 13.1. The molecule has 0 heterocycles. The third-order valence-electron chi connectivity index (χ3n) is 3.85. The van der Waals surface area contributed by atoms with Crippen molar-refractivity contribution in [2.75, 3.05) is 13.7 Å². The van der Waals surface area contributed by atoms with Crippen LogP contribution in [-0.2, 0) is 0 Å². The smallest absolute Gasteiger partial charge is 0.163 e. The Morgan fingerprint density at radius 1 is 1.30 bits per heavy atom. The first kappa shape index (κ1) is 16.7. The molecule has 1 aromatic rings. The van der Waals surface area contributed by atoms with Crippen LogP contribution in [0, 0.1) is 11.3 Å². The van der Waals surface area contributed by atoms with Gasteiger partial charge in [-0.15, -0.1) is 0 Å². The predicted octanol–water partition coefficient (Wildman–Crippen LogP) is 3.67. The van der Waals surface area contributed by atoms with E-state index in [1.807, 2.05) is 18.2 Å². The van der Waals surface area contributed by atoms with Crippen LogP contribution >= 0.6 is 0 Å². The lowest BCUT2D eigenvalue weighted by atomic mass is 9.76. The summed E-state index contributed by atoms with van der Waals surface area (Å²) >= 11 is 0. The van der Waals surface area contributed by atoms with Crippen molar-refractivity contribution in [2.24, 2.45) is 17.1 Å². The molecule has 3 nitrogen and oxygen atoms in total. The molecule has 112 valence electrons. The van der Waals surface area contributed by atoms with E-state index in [1.165, 1.54) is 0 Å². The lowest BCUT2D eigenvalue weighted by molar-refractivity contribution is 0.0957. The number of ether oxygens (including phenoxy) is 1. The van der Waals surface area contributed by atoms with Gasteiger partial charge in [-0.1, -0.05) is 32.9 Å². The van der Waals surface area contributed by atoms with E-state index in [0.717, 1.165) is 24.2 Å². The third-order valence-corrected chi connectivity index (χ3v) is 3.85. The second-order valence-electron chi connectivity index (χ2n) is 6.33. The van der Waals surface area contributed by atoms with Crippen molar-refractivity contribution < 1.29 is 9.53 Å². The molecule has 0 aromatic heterocycles. The summed E-state index contributed by atoms with van der Waals surface area (Å²) in [7, 11) is 1.61. The molecule has 0 fully saturated rings. The molecule has 1 rings (SSSR count). The lowest BCUT2D eigenvalue weighted by Crippen LogP contribution is -2.24. The van der Waals surface area contributed by atoms with Gasteiger partial charge in [0.15, 0.2) is 5.78 Å². The number of hydrogen-bond acceptors (Lipinski definition) is 3. The minimum absolute atomic E-state index is 0.176. The van der Waals surface area contributed by atoms with Crippen LogP contribution in [0.4, 0.5) is 0 Å². The summed E-state index contributed by atoms with van der Waals surface area (Å²) in [4.78, 5) is 12.3. The van der Waals surface area contributed by atoms with E-state index in [4.69, 9.17) is 10.5 Å². The molecule has 0 saturated heterocycles. The standard InChI is InChI=1S/C17H27NO2/c1-17(2,3)14(10-11-18)8-9-16(19)13-6-5-7-15(12-13)20-4/h5-7,12,14H,8-11,18H2,1-4H3. The van der Waals surface area contributed by atoms with Crippen LogP contribution in [0.3, 0.4) is 0 Å². The molecule has 0 amide bonds. The molecule has 0 aliphatic rings. The van der Waals surface area contributed by atoms with Gasteiger partial charge in [-0.3, -0.25) is 4.79 Å². The Bertz CT molecular complexity index is 435. The molecule has 0 aliphatic carbocycles. The average molecular weight is 277 g/mol. The molecule has 0 aliphatic heterocycles. The largest absolute Gasteiger partial charge is 0.497 e. The Morgan fingerprint density at radius 2 is 2.00 bits per heavy atom. The van der Waals surface area contributed by atoms with Crippen molar-refractivity contribution >= 4 is 5.78 Å². The van der Waals surface area contributed by atoms with E-state index >= 15 is 0 Å². The van der Waals surface area contributed by atoms with Crippen molar-refractivity contribution in [1.29, 1.82) is 0 Å². The predicted molar refractivity (Wildman–Crippen MR) is 83.2 cm³/mol. The fourth-order valence-corrected chi connectivity index (χ4v) is 2.46. The minimum atomic E-state index is 0.176. The first-order valence-corrected chi connectivity index (χ1v) is 7.25. The highest BCUT2D eigenvalue weighted by Gasteiger charge is 2.24. The van der Waals surface area contributed by atoms with Gasteiger partial charge in [-0.05, 0) is 42.9 Å². The highest BCUT2D eigenvalue weighted by Crippen LogP contribution is 2.32. The molecule has 0 saturated carbocycles. The van der Waals surface area contributed by atoms with Crippen LogP contribution in [0.5, 0.6) is 5.75 Å². The number of carbonyl (C=O) groups is 1. The molecule has 0 bridgehead atoms. The summed E-state index contributed by atoms with van der Waals surface area (Å²) in [6.07, 6.45) is 2.42. The van der Waals surface area contributed by atoms with Crippen LogP contribution in [-0.4, -0.2) is 19.4 Å². The quantitative estimate of drug-likeness (QED) is 0.774. The Balaban J connectivity index is 2.65. The van der Waals surface area contributed by atoms with Crippen molar-refractivity contribution in [3.63, 3.8) is 0 Å². The van der Waals surface area contributed by atoms with Crippen LogP contribution in [0.2, 0.25) is 0 Å². The van der Waals surface area contributed by atoms with Gasteiger partial charge in [-0.2, -0.15) is 0 Å². The second kappa shape index (κ2) is 7.44. The topological polar surface area (TPSA) is 52.3 Å². The van der Waals surface area contributed by atoms with Gasteiger partial charge in [0.25, 0.3) is 0 Å². The molecule has 1 atom stereocenters. The number of carbonyl (C=O) groups excluding carboxylic acids is 1. The van der Waals surface area contributed by atoms with Gasteiger partial charge in [0.2, 0.25) is 0 Å². The minimum Gasteiger partial charge on any atom is -0.497 e. The first-order chi connectivity index (χ1) is 9.38. The Kier molecular flexibility index (Phi) is 6.21. The van der Waals surface area contributed by atoms with Gasteiger partial charge < -0.3 is 10.5 Å². The summed E-state index contributed by atoms with van der Waals surface area (Å²) in [5.74, 6) is 1.38. The fourth-order valence-electron chi connectivity index (χ4n) is 2.46. The summed E-state index contributed by atoms with van der Waals surface area (Å²) in [5.41, 5.74) is 6.60. The fraction of sp³-hybridized carbons (Fsp3) is 0.588. The van der Waals surface area contributed by atoms with Crippen molar-refractivity contribution in [3.8, 4) is 5.75 Å². The maximum absolute atomic E-state index is 12.3. The molecule has 2 N–H and O–H groups in total. The maximum atomic E-state index is 12.3. The number of rotatable bonds is 7. The summed E-state index contributed by atoms with van der Waals surface area (Å²) in [6.45, 7) is 7.31. The van der Waals surface area contributed by atoms with Crippen molar-refractivity contribution in [3.05, 3.63) is 29.8 Å². The zero-order valence-corrected chi connectivity index (χ0v) is 13.1. The highest BCUT2D eigenvalue weighted by molar-refractivity contribution is 5.96. The Morgan fingerprint density at radius 3 is 2.55 bits per heavy atom. The second-order valence-corrected chi connectivity index (χ2v) is 6.33. The third kappa shape index (κ3) is 4.97.